The number of nitrogens with one attached hydrogen (secondary N) is 1. The molecule has 7 heteroatoms. The van der Waals surface area contributed by atoms with E-state index in [1.165, 1.54) is 12.8 Å². The number of aryl methyl sites for hydroxylation is 1. The number of hydrogen-bond acceptors (Lipinski definition) is 3. The highest BCUT2D eigenvalue weighted by Crippen LogP contribution is 2.33. The summed E-state index contributed by atoms with van der Waals surface area (Å²) in [6.07, 6.45) is 2.36. The van der Waals surface area contributed by atoms with Crippen LogP contribution in [0.25, 0.3) is 0 Å². The number of hydrogen-bond donors (Lipinski definition) is 1. The van der Waals surface area contributed by atoms with E-state index in [4.69, 9.17) is 16.3 Å². The molecule has 0 aromatic heterocycles. The molecule has 0 aliphatic carbocycles. The van der Waals surface area contributed by atoms with E-state index >= 15 is 0 Å². The maximum Gasteiger partial charge on any atom is 0.262 e. The zero-order chi connectivity index (χ0) is 20.3. The number of halogens is 3. The lowest BCUT2D eigenvalue weighted by molar-refractivity contribution is -0.118. The highest BCUT2D eigenvalue weighted by Gasteiger charge is 2.18. The Morgan fingerprint density at radius 1 is 1.25 bits per heavy atom. The number of rotatable bonds is 5. The van der Waals surface area contributed by atoms with Gasteiger partial charge in [-0.15, -0.1) is 0 Å². The van der Waals surface area contributed by atoms with Crippen LogP contribution in [0.1, 0.15) is 25.3 Å². The number of carbonyl (C=O) groups excluding carboxylic acids is 1. The van der Waals surface area contributed by atoms with Crippen molar-refractivity contribution in [2.75, 3.05) is 29.9 Å². The zero-order valence-corrected chi connectivity index (χ0v) is 19.8. The molecular weight excluding hydrogens is 508 g/mol. The van der Waals surface area contributed by atoms with Gasteiger partial charge in [0.1, 0.15) is 5.75 Å². The molecule has 1 fully saturated rings. The first-order chi connectivity index (χ1) is 13.3. The van der Waals surface area contributed by atoms with Gasteiger partial charge >= 0.3 is 0 Å². The Balaban J connectivity index is 1.59. The van der Waals surface area contributed by atoms with E-state index in [1.54, 1.807) is 6.07 Å². The molecule has 0 atom stereocenters. The monoisotopic (exact) mass is 528 g/mol. The van der Waals surface area contributed by atoms with Crippen molar-refractivity contribution in [1.29, 1.82) is 0 Å². The molecule has 1 aliphatic heterocycles. The number of benzene rings is 2. The second-order valence-corrected chi connectivity index (χ2v) is 9.38. The smallest absolute Gasteiger partial charge is 0.262 e. The van der Waals surface area contributed by atoms with E-state index in [9.17, 15) is 4.79 Å². The molecule has 0 unspecified atom stereocenters. The second kappa shape index (κ2) is 9.51. The molecule has 1 aliphatic rings. The zero-order valence-electron chi connectivity index (χ0n) is 15.9. The van der Waals surface area contributed by atoms with Crippen molar-refractivity contribution in [3.05, 3.63) is 49.9 Å². The Morgan fingerprint density at radius 2 is 1.96 bits per heavy atom. The third-order valence-corrected chi connectivity index (χ3v) is 6.25. The minimum absolute atomic E-state index is 0.0789. The summed E-state index contributed by atoms with van der Waals surface area (Å²) >= 11 is 13.4. The molecule has 0 spiro atoms. The second-order valence-electron chi connectivity index (χ2n) is 7.21. The average Bonchev–Trinajstić information content (AvgIpc) is 2.62. The number of carbonyl (C=O) groups is 1. The first-order valence-electron chi connectivity index (χ1n) is 9.26. The van der Waals surface area contributed by atoms with E-state index in [2.05, 4.69) is 49.0 Å². The normalized spacial score (nSPS) is 14.8. The van der Waals surface area contributed by atoms with Gasteiger partial charge in [-0.25, -0.2) is 0 Å². The lowest BCUT2D eigenvalue weighted by Crippen LogP contribution is -2.32. The summed E-state index contributed by atoms with van der Waals surface area (Å²) in [6.45, 7) is 6.17. The number of nitrogens with zero attached hydrogens (tertiary/aromatic N) is 1. The third kappa shape index (κ3) is 5.43. The van der Waals surface area contributed by atoms with Crippen LogP contribution in [0.4, 0.5) is 11.4 Å². The molecule has 2 aromatic rings. The van der Waals surface area contributed by atoms with Gasteiger partial charge in [-0.1, -0.05) is 34.5 Å². The fourth-order valence-electron chi connectivity index (χ4n) is 3.30. The Bertz CT molecular complexity index is 844. The summed E-state index contributed by atoms with van der Waals surface area (Å²) in [6, 6.07) is 9.49. The number of ether oxygens (including phenoxy) is 1. The minimum Gasteiger partial charge on any atom is -0.482 e. The van der Waals surface area contributed by atoms with Gasteiger partial charge in [0.05, 0.1) is 15.2 Å². The molecule has 0 radical (unpaired) electrons. The summed E-state index contributed by atoms with van der Waals surface area (Å²) in [5.74, 6) is 1.19. The number of piperidine rings is 1. The molecule has 0 bridgehead atoms. The molecule has 4 nitrogen and oxygen atoms in total. The summed E-state index contributed by atoms with van der Waals surface area (Å²) in [5.41, 5.74) is 2.63. The lowest BCUT2D eigenvalue weighted by atomic mass is 9.99. The van der Waals surface area contributed by atoms with E-state index in [0.717, 1.165) is 39.2 Å². The number of anilines is 2. The predicted octanol–water partition coefficient (Wildman–Crippen LogP) is 6.43. The van der Waals surface area contributed by atoms with E-state index in [1.807, 2.05) is 31.2 Å². The maximum atomic E-state index is 12.3. The fourth-order valence-corrected chi connectivity index (χ4v) is 5.15. The maximum absolute atomic E-state index is 12.3. The van der Waals surface area contributed by atoms with Crippen LogP contribution in [-0.4, -0.2) is 25.6 Å². The molecule has 0 saturated carbocycles. The van der Waals surface area contributed by atoms with Crippen molar-refractivity contribution < 1.29 is 9.53 Å². The standard InChI is InChI=1S/C21H23Br2ClN2O2/c1-13-5-7-26(8-6-13)19-4-3-16(11-18(19)24)25-20(27)12-28-21-14(2)9-15(22)10-17(21)23/h3-4,9-11,13H,5-8,12H2,1-2H3,(H,25,27). The van der Waals surface area contributed by atoms with Gasteiger partial charge in [0.15, 0.2) is 6.61 Å². The molecule has 150 valence electrons. The van der Waals surface area contributed by atoms with Gasteiger partial charge < -0.3 is 15.0 Å². The fraction of sp³-hybridized carbons (Fsp3) is 0.381. The molecule has 1 amide bonds. The molecular formula is C21H23Br2ClN2O2. The third-order valence-electron chi connectivity index (χ3n) is 4.90. The summed E-state index contributed by atoms with van der Waals surface area (Å²) in [7, 11) is 0. The quantitative estimate of drug-likeness (QED) is 0.485. The Hall–Kier alpha value is -1.24. The Morgan fingerprint density at radius 3 is 2.61 bits per heavy atom. The van der Waals surface area contributed by atoms with Crippen LogP contribution >= 0.6 is 43.5 Å². The minimum atomic E-state index is -0.232. The highest BCUT2D eigenvalue weighted by molar-refractivity contribution is 9.11. The van der Waals surface area contributed by atoms with Crippen LogP contribution in [-0.2, 0) is 4.79 Å². The van der Waals surface area contributed by atoms with E-state index < -0.39 is 0 Å². The van der Waals surface area contributed by atoms with Crippen LogP contribution in [0.15, 0.2) is 39.3 Å². The Labute approximate surface area is 187 Å². The molecule has 2 aromatic carbocycles. The molecule has 1 saturated heterocycles. The summed E-state index contributed by atoms with van der Waals surface area (Å²) < 4.78 is 7.45. The van der Waals surface area contributed by atoms with E-state index in [0.29, 0.717) is 16.5 Å². The topological polar surface area (TPSA) is 41.6 Å². The largest absolute Gasteiger partial charge is 0.482 e. The van der Waals surface area contributed by atoms with Crippen molar-refractivity contribution >= 4 is 60.7 Å². The average molecular weight is 531 g/mol. The highest BCUT2D eigenvalue weighted by atomic mass is 79.9. The van der Waals surface area contributed by atoms with Crippen LogP contribution in [0.3, 0.4) is 0 Å². The van der Waals surface area contributed by atoms with Crippen molar-refractivity contribution in [3.8, 4) is 5.75 Å². The van der Waals surface area contributed by atoms with Crippen molar-refractivity contribution in [2.45, 2.75) is 26.7 Å². The van der Waals surface area contributed by atoms with Crippen LogP contribution in [0, 0.1) is 12.8 Å². The first-order valence-corrected chi connectivity index (χ1v) is 11.2. The van der Waals surface area contributed by atoms with E-state index in [-0.39, 0.29) is 12.5 Å². The van der Waals surface area contributed by atoms with Crippen molar-refractivity contribution in [3.63, 3.8) is 0 Å². The van der Waals surface area contributed by atoms with Crippen LogP contribution in [0.2, 0.25) is 5.02 Å². The summed E-state index contributed by atoms with van der Waals surface area (Å²) in [4.78, 5) is 14.6. The number of amides is 1. The summed E-state index contributed by atoms with van der Waals surface area (Å²) in [5, 5.41) is 3.50. The first kappa shape index (κ1) is 21.5. The predicted molar refractivity (Wildman–Crippen MR) is 123 cm³/mol. The van der Waals surface area contributed by atoms with Crippen molar-refractivity contribution in [1.82, 2.24) is 0 Å². The van der Waals surface area contributed by atoms with Gasteiger partial charge in [0, 0.05) is 23.2 Å². The molecule has 1 N–H and O–H groups in total. The molecule has 28 heavy (non-hydrogen) atoms. The van der Waals surface area contributed by atoms with Gasteiger partial charge in [-0.05, 0) is 77.5 Å². The molecule has 1 heterocycles. The SMILES string of the molecule is Cc1cc(Br)cc(Br)c1OCC(=O)Nc1ccc(N2CCC(C)CC2)c(Cl)c1. The van der Waals surface area contributed by atoms with Crippen LogP contribution in [0.5, 0.6) is 5.75 Å². The van der Waals surface area contributed by atoms with Gasteiger partial charge in [0.2, 0.25) is 0 Å². The van der Waals surface area contributed by atoms with Gasteiger partial charge in [0.25, 0.3) is 5.91 Å². The molecule has 3 rings (SSSR count). The van der Waals surface area contributed by atoms with Crippen molar-refractivity contribution in [2.24, 2.45) is 5.92 Å². The lowest BCUT2D eigenvalue weighted by Gasteiger charge is -2.32. The van der Waals surface area contributed by atoms with Gasteiger partial charge in [-0.2, -0.15) is 0 Å². The van der Waals surface area contributed by atoms with Crippen LogP contribution < -0.4 is 15.0 Å². The van der Waals surface area contributed by atoms with Gasteiger partial charge in [-0.3, -0.25) is 4.79 Å². The Kier molecular flexibility index (Phi) is 7.29.